The molecule has 2 N–H and O–H groups in total. The molecule has 1 aromatic carbocycles. The smallest absolute Gasteiger partial charge is 0.341 e. The summed E-state index contributed by atoms with van der Waals surface area (Å²) in [6, 6.07) is 11.2. The van der Waals surface area contributed by atoms with Gasteiger partial charge in [-0.3, -0.25) is 0 Å². The van der Waals surface area contributed by atoms with E-state index in [0.717, 1.165) is 24.9 Å². The highest BCUT2D eigenvalue weighted by atomic mass is 35.5. The number of thiophene rings is 2. The van der Waals surface area contributed by atoms with Crippen LogP contribution >= 0.6 is 34.3 Å². The van der Waals surface area contributed by atoms with E-state index in [1.54, 1.807) is 6.92 Å². The Labute approximate surface area is 192 Å². The Morgan fingerprint density at radius 1 is 1.16 bits per heavy atom. The van der Waals surface area contributed by atoms with Crippen LogP contribution in [0.5, 0.6) is 11.5 Å². The molecule has 0 saturated carbocycles. The molecule has 0 radical (unpaired) electrons. The van der Waals surface area contributed by atoms with Gasteiger partial charge in [0.2, 0.25) is 0 Å². The lowest BCUT2D eigenvalue weighted by molar-refractivity contribution is 0.0528. The van der Waals surface area contributed by atoms with Crippen molar-refractivity contribution >= 4 is 56.1 Å². The van der Waals surface area contributed by atoms with E-state index >= 15 is 0 Å². The quantitative estimate of drug-likeness (QED) is 0.319. The monoisotopic (exact) mass is 474 g/mol. The minimum atomic E-state index is -0.411. The van der Waals surface area contributed by atoms with Gasteiger partial charge in [-0.15, -0.1) is 22.7 Å². The normalized spacial score (nSPS) is 10.9. The molecule has 31 heavy (non-hydrogen) atoms. The number of rotatable bonds is 8. The average Bonchev–Trinajstić information content (AvgIpc) is 3.38. The van der Waals surface area contributed by atoms with Crippen LogP contribution in [0.3, 0.4) is 0 Å². The van der Waals surface area contributed by atoms with Gasteiger partial charge in [-0.25, -0.2) is 9.78 Å². The van der Waals surface area contributed by atoms with E-state index in [9.17, 15) is 4.79 Å². The van der Waals surface area contributed by atoms with Crippen molar-refractivity contribution in [2.24, 2.45) is 0 Å². The Bertz CT molecular complexity index is 1220. The number of esters is 1. The maximum Gasteiger partial charge on any atom is 0.341 e. The zero-order chi connectivity index (χ0) is 21.8. The topological polar surface area (TPSA) is 83.7 Å². The number of fused-ring (bicyclic) bond motifs is 1. The fraction of sp³-hybridized carbons (Fsp3) is 0.182. The van der Waals surface area contributed by atoms with Crippen LogP contribution in [-0.4, -0.2) is 17.6 Å². The zero-order valence-electron chi connectivity index (χ0n) is 16.6. The second kappa shape index (κ2) is 9.55. The van der Waals surface area contributed by atoms with Gasteiger partial charge in [-0.05, 0) is 36.6 Å². The lowest BCUT2D eigenvalue weighted by Crippen LogP contribution is -2.06. The molecule has 3 aromatic heterocycles. The Hall–Kier alpha value is -2.81. The van der Waals surface area contributed by atoms with Gasteiger partial charge in [0.15, 0.2) is 0 Å². The highest BCUT2D eigenvalue weighted by Crippen LogP contribution is 2.34. The van der Waals surface area contributed by atoms with Crippen LogP contribution in [0.4, 0.5) is 5.82 Å². The van der Waals surface area contributed by atoms with Gasteiger partial charge in [-0.2, -0.15) is 0 Å². The molecule has 9 heteroatoms. The zero-order valence-corrected chi connectivity index (χ0v) is 19.0. The molecule has 6 nitrogen and oxygen atoms in total. The summed E-state index contributed by atoms with van der Waals surface area (Å²) in [6.07, 6.45) is 1.46. The van der Waals surface area contributed by atoms with Gasteiger partial charge >= 0.3 is 5.97 Å². The number of ether oxygens (including phenoxy) is 3. The van der Waals surface area contributed by atoms with E-state index in [4.69, 9.17) is 31.5 Å². The first kappa shape index (κ1) is 21.4. The molecule has 0 amide bonds. The fourth-order valence-corrected chi connectivity index (χ4v) is 5.05. The maximum atomic E-state index is 12.2. The Balaban J connectivity index is 1.48. The number of nitrogens with zero attached hydrogens (tertiary/aromatic N) is 1. The Morgan fingerprint density at radius 3 is 2.65 bits per heavy atom. The molecular formula is C22H19ClN2O4S2. The number of aromatic nitrogens is 1. The predicted molar refractivity (Wildman–Crippen MR) is 124 cm³/mol. The molecule has 0 aliphatic rings. The predicted octanol–water partition coefficient (Wildman–Crippen LogP) is 5.93. The standard InChI is InChI=1S/C22H19ClN2O4S2/c1-2-27-22(26)17-9-25-21(24)19-13(12-30-20(17)19)10-28-14-4-3-5-15(8-14)29-11-16-6-7-18(23)31-16/h3-9,12H,2,10-11H2,1H3,(H2,24,25). The molecule has 4 aromatic rings. The lowest BCUT2D eigenvalue weighted by atomic mass is 10.1. The first-order valence-corrected chi connectivity index (χ1v) is 11.5. The van der Waals surface area contributed by atoms with Crippen molar-refractivity contribution in [1.82, 2.24) is 4.98 Å². The molecular weight excluding hydrogens is 456 g/mol. The molecule has 4 rings (SSSR count). The third-order valence-corrected chi connectivity index (χ3v) is 6.67. The van der Waals surface area contributed by atoms with Crippen molar-refractivity contribution in [2.45, 2.75) is 20.1 Å². The molecule has 160 valence electrons. The number of carbonyl (C=O) groups excluding carboxylic acids is 1. The summed E-state index contributed by atoms with van der Waals surface area (Å²) in [5.41, 5.74) is 7.36. The van der Waals surface area contributed by atoms with Gasteiger partial charge in [-0.1, -0.05) is 17.7 Å². The van der Waals surface area contributed by atoms with Gasteiger partial charge < -0.3 is 19.9 Å². The third-order valence-electron chi connectivity index (χ3n) is 4.41. The number of anilines is 1. The highest BCUT2D eigenvalue weighted by molar-refractivity contribution is 7.18. The summed E-state index contributed by atoms with van der Waals surface area (Å²) in [7, 11) is 0. The fourth-order valence-electron chi connectivity index (χ4n) is 2.99. The molecule has 0 fully saturated rings. The van der Waals surface area contributed by atoms with Gasteiger partial charge in [0.1, 0.15) is 30.5 Å². The number of carbonyl (C=O) groups is 1. The van der Waals surface area contributed by atoms with Crippen molar-refractivity contribution < 1.29 is 19.0 Å². The first-order chi connectivity index (χ1) is 15.0. The van der Waals surface area contributed by atoms with Crippen molar-refractivity contribution in [2.75, 3.05) is 12.3 Å². The first-order valence-electron chi connectivity index (χ1n) is 9.46. The molecule has 3 heterocycles. The van der Waals surface area contributed by atoms with E-state index < -0.39 is 5.97 Å². The lowest BCUT2D eigenvalue weighted by Gasteiger charge is -2.10. The number of benzene rings is 1. The van der Waals surface area contributed by atoms with Crippen molar-refractivity contribution in [3.05, 3.63) is 68.3 Å². The highest BCUT2D eigenvalue weighted by Gasteiger charge is 2.18. The Morgan fingerprint density at radius 2 is 1.94 bits per heavy atom. The summed E-state index contributed by atoms with van der Waals surface area (Å²) in [5, 5.41) is 2.64. The number of halogens is 1. The van der Waals surface area contributed by atoms with Gasteiger partial charge in [0, 0.05) is 28.1 Å². The molecule has 0 unspecified atom stereocenters. The molecule has 0 atom stereocenters. The van der Waals surface area contributed by atoms with Gasteiger partial charge in [0.25, 0.3) is 0 Å². The average molecular weight is 475 g/mol. The van der Waals surface area contributed by atoms with E-state index in [2.05, 4.69) is 4.98 Å². The van der Waals surface area contributed by atoms with Crippen molar-refractivity contribution in [1.29, 1.82) is 0 Å². The summed E-state index contributed by atoms with van der Waals surface area (Å²) >= 11 is 8.87. The van der Waals surface area contributed by atoms with Crippen LogP contribution in [0.15, 0.2) is 48.0 Å². The molecule has 0 spiro atoms. The molecule has 0 aliphatic carbocycles. The van der Waals surface area contributed by atoms with E-state index in [-0.39, 0.29) is 6.61 Å². The molecule has 0 bridgehead atoms. The van der Waals surface area contributed by atoms with Crippen molar-refractivity contribution in [3.63, 3.8) is 0 Å². The number of pyridine rings is 1. The molecule has 0 saturated heterocycles. The van der Waals surface area contributed by atoms with Crippen LogP contribution < -0.4 is 15.2 Å². The number of nitrogens with two attached hydrogens (primary N) is 1. The van der Waals surface area contributed by atoms with E-state index in [0.29, 0.717) is 36.1 Å². The third kappa shape index (κ3) is 4.92. The van der Waals surface area contributed by atoms with Gasteiger partial charge in [0.05, 0.1) is 21.2 Å². The largest absolute Gasteiger partial charge is 0.489 e. The summed E-state index contributed by atoms with van der Waals surface area (Å²) in [6.45, 7) is 2.78. The maximum absolute atomic E-state index is 12.2. The van der Waals surface area contributed by atoms with Crippen molar-refractivity contribution in [3.8, 4) is 11.5 Å². The second-order valence-corrected chi connectivity index (χ2v) is 9.18. The number of hydrogen-bond acceptors (Lipinski definition) is 8. The summed E-state index contributed by atoms with van der Waals surface area (Å²) in [5.74, 6) is 1.30. The van der Waals surface area contributed by atoms with Crippen LogP contribution in [0, 0.1) is 0 Å². The summed E-state index contributed by atoms with van der Waals surface area (Å²) < 4.78 is 18.4. The van der Waals surface area contributed by atoms with Crippen LogP contribution in [0.1, 0.15) is 27.7 Å². The van der Waals surface area contributed by atoms with Crippen LogP contribution in [-0.2, 0) is 18.0 Å². The van der Waals surface area contributed by atoms with E-state index in [1.165, 1.54) is 28.9 Å². The molecule has 0 aliphatic heterocycles. The SMILES string of the molecule is CCOC(=O)c1cnc(N)c2c(COc3cccc(OCc4ccc(Cl)s4)c3)csc12. The number of nitrogen functional groups attached to an aromatic ring is 1. The Kier molecular flexibility index (Phi) is 6.60. The second-order valence-electron chi connectivity index (χ2n) is 6.50. The number of hydrogen-bond donors (Lipinski definition) is 1. The minimum absolute atomic E-state index is 0.280. The minimum Gasteiger partial charge on any atom is -0.489 e. The van der Waals surface area contributed by atoms with Crippen LogP contribution in [0.2, 0.25) is 4.34 Å². The summed E-state index contributed by atoms with van der Waals surface area (Å²) in [4.78, 5) is 17.4. The van der Waals surface area contributed by atoms with E-state index in [1.807, 2.05) is 41.8 Å². The van der Waals surface area contributed by atoms with Crippen LogP contribution in [0.25, 0.3) is 10.1 Å².